The van der Waals surface area contributed by atoms with Crippen LogP contribution in [-0.2, 0) is 4.79 Å². The fraction of sp³-hybridized carbons (Fsp3) is 0.353. The second-order valence-electron chi connectivity index (χ2n) is 5.68. The third-order valence-corrected chi connectivity index (χ3v) is 3.29. The number of nitrogens with zero attached hydrogens (tertiary/aromatic N) is 2. The van der Waals surface area contributed by atoms with Crippen LogP contribution in [0, 0.1) is 0 Å². The van der Waals surface area contributed by atoms with Gasteiger partial charge in [0.15, 0.2) is 6.61 Å². The molecule has 1 heterocycles. The molecule has 2 rings (SSSR count). The number of rotatable bonds is 7. The lowest BCUT2D eigenvalue weighted by atomic mass is 10.0. The molecule has 0 saturated heterocycles. The molecule has 0 spiro atoms. The Morgan fingerprint density at radius 3 is 2.57 bits per heavy atom. The van der Waals surface area contributed by atoms with Crippen molar-refractivity contribution in [3.63, 3.8) is 0 Å². The van der Waals surface area contributed by atoms with Crippen molar-refractivity contribution in [1.82, 2.24) is 15.3 Å². The number of ether oxygens (including phenoxy) is 2. The molecule has 1 aromatic heterocycles. The van der Waals surface area contributed by atoms with Gasteiger partial charge in [-0.3, -0.25) is 4.79 Å². The number of hydrogen-bond donors (Lipinski definition) is 1. The third-order valence-electron chi connectivity index (χ3n) is 3.29. The molecule has 122 valence electrons. The maximum atomic E-state index is 11.9. The molecule has 0 saturated carbocycles. The van der Waals surface area contributed by atoms with Gasteiger partial charge in [-0.15, -0.1) is 0 Å². The largest absolute Gasteiger partial charge is 0.484 e. The monoisotopic (exact) mass is 315 g/mol. The van der Waals surface area contributed by atoms with E-state index in [0.29, 0.717) is 11.5 Å². The first-order chi connectivity index (χ1) is 11.0. The summed E-state index contributed by atoms with van der Waals surface area (Å²) in [5.74, 6) is 0.931. The van der Waals surface area contributed by atoms with Gasteiger partial charge in [-0.25, -0.2) is 9.97 Å². The van der Waals surface area contributed by atoms with Crippen LogP contribution < -0.4 is 14.8 Å². The van der Waals surface area contributed by atoms with Gasteiger partial charge in [-0.1, -0.05) is 13.0 Å². The van der Waals surface area contributed by atoms with Crippen molar-refractivity contribution >= 4 is 5.91 Å². The summed E-state index contributed by atoms with van der Waals surface area (Å²) in [7, 11) is 0. The van der Waals surface area contributed by atoms with Crippen molar-refractivity contribution in [1.29, 1.82) is 0 Å². The normalized spacial score (nSPS) is 10.9. The summed E-state index contributed by atoms with van der Waals surface area (Å²) < 4.78 is 11.0. The Labute approximate surface area is 135 Å². The summed E-state index contributed by atoms with van der Waals surface area (Å²) in [6, 6.07) is 8.96. The van der Waals surface area contributed by atoms with Crippen LogP contribution in [0.3, 0.4) is 0 Å². The predicted molar refractivity (Wildman–Crippen MR) is 86.6 cm³/mol. The van der Waals surface area contributed by atoms with Crippen molar-refractivity contribution in [3.8, 4) is 17.5 Å². The van der Waals surface area contributed by atoms with Crippen LogP contribution in [0.25, 0.3) is 0 Å². The Morgan fingerprint density at radius 1 is 1.17 bits per heavy atom. The van der Waals surface area contributed by atoms with Gasteiger partial charge >= 0.3 is 6.01 Å². The van der Waals surface area contributed by atoms with Gasteiger partial charge in [0.2, 0.25) is 0 Å². The number of aromatic nitrogens is 2. The first-order valence-electron chi connectivity index (χ1n) is 7.47. The molecule has 0 unspecified atom stereocenters. The Kier molecular flexibility index (Phi) is 5.51. The molecule has 0 atom stereocenters. The molecule has 0 bridgehead atoms. The molecule has 1 amide bonds. The maximum Gasteiger partial charge on any atom is 0.321 e. The second-order valence-corrected chi connectivity index (χ2v) is 5.68. The Bertz CT molecular complexity index is 645. The first kappa shape index (κ1) is 16.7. The minimum Gasteiger partial charge on any atom is -0.484 e. The van der Waals surface area contributed by atoms with E-state index in [4.69, 9.17) is 9.47 Å². The molecule has 0 aliphatic rings. The zero-order valence-electron chi connectivity index (χ0n) is 13.6. The molecule has 6 heteroatoms. The van der Waals surface area contributed by atoms with Crippen molar-refractivity contribution in [2.75, 3.05) is 6.61 Å². The zero-order valence-corrected chi connectivity index (χ0v) is 13.6. The molecule has 2 aromatic rings. The van der Waals surface area contributed by atoms with Gasteiger partial charge in [0.05, 0.1) is 0 Å². The summed E-state index contributed by atoms with van der Waals surface area (Å²) in [6.07, 6.45) is 4.05. The summed E-state index contributed by atoms with van der Waals surface area (Å²) >= 11 is 0. The predicted octanol–water partition coefficient (Wildman–Crippen LogP) is 2.95. The van der Waals surface area contributed by atoms with Crippen LogP contribution in [0.4, 0.5) is 0 Å². The number of carbonyl (C=O) groups is 1. The van der Waals surface area contributed by atoms with Gasteiger partial charge < -0.3 is 14.8 Å². The standard InChI is InChI=1S/C17H21N3O3/c1-4-17(2,3)20-15(21)12-22-13-7-5-8-14(11-13)23-16-18-9-6-10-19-16/h5-11H,4,12H2,1-3H3,(H,20,21). The highest BCUT2D eigenvalue weighted by Gasteiger charge is 2.17. The minimum absolute atomic E-state index is 0.0469. The second kappa shape index (κ2) is 7.58. The van der Waals surface area contributed by atoms with Gasteiger partial charge in [0, 0.05) is 24.0 Å². The highest BCUT2D eigenvalue weighted by Crippen LogP contribution is 2.22. The quantitative estimate of drug-likeness (QED) is 0.850. The Morgan fingerprint density at radius 2 is 1.87 bits per heavy atom. The first-order valence-corrected chi connectivity index (χ1v) is 7.47. The lowest BCUT2D eigenvalue weighted by molar-refractivity contribution is -0.124. The molecule has 0 fully saturated rings. The topological polar surface area (TPSA) is 73.3 Å². The summed E-state index contributed by atoms with van der Waals surface area (Å²) in [4.78, 5) is 19.9. The lowest BCUT2D eigenvalue weighted by Crippen LogP contribution is -2.44. The van der Waals surface area contributed by atoms with Gasteiger partial charge in [0.1, 0.15) is 11.5 Å². The van der Waals surface area contributed by atoms with E-state index < -0.39 is 0 Å². The van der Waals surface area contributed by atoms with E-state index in [1.54, 1.807) is 42.7 Å². The molecular weight excluding hydrogens is 294 g/mol. The summed E-state index contributed by atoms with van der Waals surface area (Å²) in [5, 5.41) is 2.92. The molecule has 0 radical (unpaired) electrons. The average Bonchev–Trinajstić information content (AvgIpc) is 2.54. The smallest absolute Gasteiger partial charge is 0.321 e. The van der Waals surface area contributed by atoms with Crippen LogP contribution in [0.15, 0.2) is 42.7 Å². The van der Waals surface area contributed by atoms with Gasteiger partial charge in [-0.05, 0) is 38.5 Å². The van der Waals surface area contributed by atoms with Crippen molar-refractivity contribution in [2.24, 2.45) is 0 Å². The molecular formula is C17H21N3O3. The fourth-order valence-corrected chi connectivity index (χ4v) is 1.72. The van der Waals surface area contributed by atoms with Crippen LogP contribution in [0.1, 0.15) is 27.2 Å². The van der Waals surface area contributed by atoms with E-state index in [-0.39, 0.29) is 24.1 Å². The van der Waals surface area contributed by atoms with E-state index in [2.05, 4.69) is 15.3 Å². The highest BCUT2D eigenvalue weighted by atomic mass is 16.5. The van der Waals surface area contributed by atoms with Gasteiger partial charge in [0.25, 0.3) is 5.91 Å². The van der Waals surface area contributed by atoms with Crippen molar-refractivity contribution in [3.05, 3.63) is 42.7 Å². The lowest BCUT2D eigenvalue weighted by Gasteiger charge is -2.24. The molecule has 1 aromatic carbocycles. The fourth-order valence-electron chi connectivity index (χ4n) is 1.72. The molecule has 0 aliphatic carbocycles. The van der Waals surface area contributed by atoms with E-state index in [1.807, 2.05) is 20.8 Å². The summed E-state index contributed by atoms with van der Waals surface area (Å²) in [5.41, 5.74) is -0.240. The Hall–Kier alpha value is -2.63. The minimum atomic E-state index is -0.240. The maximum absolute atomic E-state index is 11.9. The third kappa shape index (κ3) is 5.58. The zero-order chi connectivity index (χ0) is 16.7. The molecule has 0 aliphatic heterocycles. The van der Waals surface area contributed by atoms with Crippen LogP contribution in [0.2, 0.25) is 0 Å². The summed E-state index contributed by atoms with van der Waals surface area (Å²) in [6.45, 7) is 5.92. The van der Waals surface area contributed by atoms with E-state index in [1.165, 1.54) is 0 Å². The number of hydrogen-bond acceptors (Lipinski definition) is 5. The molecule has 23 heavy (non-hydrogen) atoms. The van der Waals surface area contributed by atoms with E-state index in [0.717, 1.165) is 6.42 Å². The SMILES string of the molecule is CCC(C)(C)NC(=O)COc1cccc(Oc2ncccn2)c1. The van der Waals surface area contributed by atoms with Crippen LogP contribution in [0.5, 0.6) is 17.5 Å². The Balaban J connectivity index is 1.91. The number of benzene rings is 1. The van der Waals surface area contributed by atoms with Crippen molar-refractivity contribution in [2.45, 2.75) is 32.7 Å². The van der Waals surface area contributed by atoms with Crippen LogP contribution in [-0.4, -0.2) is 28.0 Å². The van der Waals surface area contributed by atoms with E-state index in [9.17, 15) is 4.79 Å². The molecule has 1 N–H and O–H groups in total. The molecule has 6 nitrogen and oxygen atoms in total. The van der Waals surface area contributed by atoms with E-state index >= 15 is 0 Å². The van der Waals surface area contributed by atoms with Gasteiger partial charge in [-0.2, -0.15) is 0 Å². The van der Waals surface area contributed by atoms with Crippen LogP contribution >= 0.6 is 0 Å². The van der Waals surface area contributed by atoms with Crippen molar-refractivity contribution < 1.29 is 14.3 Å². The highest BCUT2D eigenvalue weighted by molar-refractivity contribution is 5.78. The number of amides is 1. The number of carbonyl (C=O) groups excluding carboxylic acids is 1. The number of nitrogens with one attached hydrogen (secondary N) is 1. The average molecular weight is 315 g/mol.